The van der Waals surface area contributed by atoms with Gasteiger partial charge in [0.2, 0.25) is 0 Å². The van der Waals surface area contributed by atoms with Crippen molar-refractivity contribution < 1.29 is 24.0 Å². The molecule has 0 heterocycles. The van der Waals surface area contributed by atoms with E-state index in [1.165, 1.54) is 24.3 Å². The Bertz CT molecular complexity index is 1140. The van der Waals surface area contributed by atoms with Crippen LogP contribution in [0.1, 0.15) is 31.8 Å². The molecular weight excluding hydrogens is 424 g/mol. The maximum atomic E-state index is 12.8. The summed E-state index contributed by atoms with van der Waals surface area (Å²) in [6.07, 6.45) is 0.150. The van der Waals surface area contributed by atoms with Gasteiger partial charge in [0.1, 0.15) is 6.04 Å². The maximum absolute atomic E-state index is 12.8. The molecule has 0 aliphatic rings. The first kappa shape index (κ1) is 23.3. The highest BCUT2D eigenvalue weighted by Gasteiger charge is 2.24. The van der Waals surface area contributed by atoms with Crippen LogP contribution in [0.3, 0.4) is 0 Å². The van der Waals surface area contributed by atoms with Gasteiger partial charge in [0.25, 0.3) is 11.6 Å². The first-order valence-electron chi connectivity index (χ1n) is 10.2. The Balaban J connectivity index is 1.70. The molecule has 3 aromatic carbocycles. The number of ketones is 1. The van der Waals surface area contributed by atoms with Crippen molar-refractivity contribution in [2.24, 2.45) is 0 Å². The van der Waals surface area contributed by atoms with Crippen molar-refractivity contribution in [2.45, 2.75) is 19.4 Å². The molecule has 0 unspecified atom stereocenters. The molecule has 8 nitrogen and oxygen atoms in total. The van der Waals surface area contributed by atoms with Gasteiger partial charge in [-0.05, 0) is 24.6 Å². The van der Waals surface area contributed by atoms with Crippen molar-refractivity contribution in [3.8, 4) is 0 Å². The Hall–Kier alpha value is -4.33. The van der Waals surface area contributed by atoms with E-state index in [0.717, 1.165) is 11.1 Å². The third-order valence-electron chi connectivity index (χ3n) is 4.93. The van der Waals surface area contributed by atoms with Gasteiger partial charge >= 0.3 is 5.97 Å². The zero-order valence-corrected chi connectivity index (χ0v) is 17.9. The Labute approximate surface area is 190 Å². The van der Waals surface area contributed by atoms with Gasteiger partial charge in [-0.3, -0.25) is 19.7 Å². The van der Waals surface area contributed by atoms with Gasteiger partial charge in [0.15, 0.2) is 12.4 Å². The predicted octanol–water partition coefficient (Wildman–Crippen LogP) is 3.67. The Morgan fingerprint density at radius 1 is 0.909 bits per heavy atom. The molecule has 0 radical (unpaired) electrons. The molecule has 0 saturated carbocycles. The fourth-order valence-electron chi connectivity index (χ4n) is 3.08. The quantitative estimate of drug-likeness (QED) is 0.232. The standard InChI is InChI=1S/C25H22N2O6/c1-17-7-9-19(10-8-17)23(28)16-33-25(30)22(15-18-5-3-2-4-6-18)26-24(29)20-11-13-21(14-12-20)27(31)32/h2-14,22H,15-16H2,1H3,(H,26,29)/t22-/m1/s1. The molecule has 168 valence electrons. The number of carbonyl (C=O) groups excluding carboxylic acids is 3. The summed E-state index contributed by atoms with van der Waals surface area (Å²) in [5, 5.41) is 13.4. The van der Waals surface area contributed by atoms with E-state index in [1.807, 2.05) is 13.0 Å². The number of nitrogens with zero attached hydrogens (tertiary/aromatic N) is 1. The summed E-state index contributed by atoms with van der Waals surface area (Å²) in [5.41, 5.74) is 2.21. The van der Waals surface area contributed by atoms with E-state index in [9.17, 15) is 24.5 Å². The average Bonchev–Trinajstić information content (AvgIpc) is 2.83. The molecule has 0 saturated heterocycles. The van der Waals surface area contributed by atoms with E-state index in [-0.39, 0.29) is 23.5 Å². The summed E-state index contributed by atoms with van der Waals surface area (Å²) < 4.78 is 5.22. The summed E-state index contributed by atoms with van der Waals surface area (Å²) >= 11 is 0. The lowest BCUT2D eigenvalue weighted by atomic mass is 10.1. The van der Waals surface area contributed by atoms with Crippen molar-refractivity contribution in [3.63, 3.8) is 0 Å². The van der Waals surface area contributed by atoms with Gasteiger partial charge in [-0.1, -0.05) is 60.2 Å². The van der Waals surface area contributed by atoms with Crippen LogP contribution in [0.25, 0.3) is 0 Å². The number of nitrogens with one attached hydrogen (secondary N) is 1. The van der Waals surface area contributed by atoms with Crippen LogP contribution in [0.5, 0.6) is 0 Å². The fourth-order valence-corrected chi connectivity index (χ4v) is 3.08. The third kappa shape index (κ3) is 6.57. The van der Waals surface area contributed by atoms with Crippen molar-refractivity contribution in [3.05, 3.63) is 111 Å². The normalized spacial score (nSPS) is 11.3. The molecule has 1 atom stereocenters. The van der Waals surface area contributed by atoms with Crippen LogP contribution in [0.15, 0.2) is 78.9 Å². The number of esters is 1. The smallest absolute Gasteiger partial charge is 0.329 e. The number of ether oxygens (including phenoxy) is 1. The summed E-state index contributed by atoms with van der Waals surface area (Å²) in [5.74, 6) is -1.70. The second-order valence-electron chi connectivity index (χ2n) is 7.42. The summed E-state index contributed by atoms with van der Waals surface area (Å²) in [6, 6.07) is 19.9. The minimum Gasteiger partial charge on any atom is -0.456 e. The van der Waals surface area contributed by atoms with Gasteiger partial charge in [-0.2, -0.15) is 0 Å². The summed E-state index contributed by atoms with van der Waals surface area (Å²) in [6.45, 7) is 1.44. The molecular formula is C25H22N2O6. The van der Waals surface area contributed by atoms with Crippen molar-refractivity contribution >= 4 is 23.3 Å². The van der Waals surface area contributed by atoms with Crippen LogP contribution in [-0.2, 0) is 16.0 Å². The zero-order chi connectivity index (χ0) is 23.8. The number of non-ortho nitro benzene ring substituents is 1. The highest BCUT2D eigenvalue weighted by Crippen LogP contribution is 2.13. The molecule has 8 heteroatoms. The molecule has 1 amide bonds. The zero-order valence-electron chi connectivity index (χ0n) is 17.9. The molecule has 0 aliphatic heterocycles. The van der Waals surface area contributed by atoms with Crippen LogP contribution < -0.4 is 5.32 Å². The minimum atomic E-state index is -1.05. The highest BCUT2D eigenvalue weighted by molar-refractivity contribution is 5.99. The van der Waals surface area contributed by atoms with Crippen molar-refractivity contribution in [2.75, 3.05) is 6.61 Å². The molecule has 1 N–H and O–H groups in total. The number of amides is 1. The molecule has 3 rings (SSSR count). The lowest BCUT2D eigenvalue weighted by Crippen LogP contribution is -2.43. The molecule has 3 aromatic rings. The second kappa shape index (κ2) is 10.8. The SMILES string of the molecule is Cc1ccc(C(=O)COC(=O)[C@@H](Cc2ccccc2)NC(=O)c2ccc([N+](=O)[O-])cc2)cc1. The second-order valence-corrected chi connectivity index (χ2v) is 7.42. The lowest BCUT2D eigenvalue weighted by molar-refractivity contribution is -0.384. The first-order chi connectivity index (χ1) is 15.8. The van der Waals surface area contributed by atoms with E-state index >= 15 is 0 Å². The molecule has 0 spiro atoms. The summed E-state index contributed by atoms with van der Waals surface area (Å²) in [4.78, 5) is 48.0. The largest absolute Gasteiger partial charge is 0.456 e. The molecule has 0 fully saturated rings. The van der Waals surface area contributed by atoms with E-state index in [4.69, 9.17) is 4.74 Å². The topological polar surface area (TPSA) is 116 Å². The molecule has 33 heavy (non-hydrogen) atoms. The number of benzene rings is 3. The number of carbonyl (C=O) groups is 3. The van der Waals surface area contributed by atoms with Gasteiger partial charge in [-0.25, -0.2) is 4.79 Å². The Morgan fingerprint density at radius 3 is 2.12 bits per heavy atom. The van der Waals surface area contributed by atoms with Crippen molar-refractivity contribution in [1.82, 2.24) is 5.32 Å². The average molecular weight is 446 g/mol. The number of Topliss-reactive ketones (excluding diaryl/α,β-unsaturated/α-hetero) is 1. The number of nitro groups is 1. The van der Waals surface area contributed by atoms with Crippen LogP contribution in [-0.4, -0.2) is 35.2 Å². The highest BCUT2D eigenvalue weighted by atomic mass is 16.6. The van der Waals surface area contributed by atoms with Crippen LogP contribution in [0.4, 0.5) is 5.69 Å². The van der Waals surface area contributed by atoms with Crippen LogP contribution >= 0.6 is 0 Å². The minimum absolute atomic E-state index is 0.150. The number of rotatable bonds is 9. The number of aryl methyl sites for hydroxylation is 1. The number of nitro benzene ring substituents is 1. The van der Waals surface area contributed by atoms with E-state index in [0.29, 0.717) is 5.56 Å². The van der Waals surface area contributed by atoms with E-state index in [1.54, 1.807) is 48.5 Å². The van der Waals surface area contributed by atoms with Gasteiger partial charge in [0.05, 0.1) is 4.92 Å². The predicted molar refractivity (Wildman–Crippen MR) is 121 cm³/mol. The Morgan fingerprint density at radius 2 is 1.52 bits per heavy atom. The van der Waals surface area contributed by atoms with Gasteiger partial charge < -0.3 is 10.1 Å². The third-order valence-corrected chi connectivity index (χ3v) is 4.93. The van der Waals surface area contributed by atoms with Crippen LogP contribution in [0, 0.1) is 17.0 Å². The monoisotopic (exact) mass is 446 g/mol. The maximum Gasteiger partial charge on any atom is 0.329 e. The molecule has 0 aromatic heterocycles. The van der Waals surface area contributed by atoms with E-state index in [2.05, 4.69) is 5.32 Å². The first-order valence-corrected chi connectivity index (χ1v) is 10.2. The van der Waals surface area contributed by atoms with Gasteiger partial charge in [0, 0.05) is 29.7 Å². The Kier molecular flexibility index (Phi) is 7.64. The van der Waals surface area contributed by atoms with Crippen molar-refractivity contribution in [1.29, 1.82) is 0 Å². The fraction of sp³-hybridized carbons (Fsp3) is 0.160. The van der Waals surface area contributed by atoms with Crippen LogP contribution in [0.2, 0.25) is 0 Å². The van der Waals surface area contributed by atoms with E-state index < -0.39 is 29.4 Å². The summed E-state index contributed by atoms with van der Waals surface area (Å²) in [7, 11) is 0. The number of hydrogen-bond acceptors (Lipinski definition) is 6. The number of hydrogen-bond donors (Lipinski definition) is 1. The molecule has 0 aliphatic carbocycles. The van der Waals surface area contributed by atoms with Gasteiger partial charge in [-0.15, -0.1) is 0 Å². The molecule has 0 bridgehead atoms. The lowest BCUT2D eigenvalue weighted by Gasteiger charge is -2.18.